The van der Waals surface area contributed by atoms with Crippen LogP contribution in [0.15, 0.2) is 54.9 Å². The Morgan fingerprint density at radius 2 is 1.88 bits per heavy atom. The molecule has 3 aromatic rings. The number of benzene rings is 1. The summed E-state index contributed by atoms with van der Waals surface area (Å²) >= 11 is 0. The van der Waals surface area contributed by atoms with Crippen LogP contribution in [0.5, 0.6) is 5.75 Å². The first-order valence-electron chi connectivity index (χ1n) is 5.39. The van der Waals surface area contributed by atoms with Crippen molar-refractivity contribution < 1.29 is 4.74 Å². The van der Waals surface area contributed by atoms with Gasteiger partial charge in [0.05, 0.1) is 5.52 Å². The number of aliphatic hydroxyl groups is 1. The largest absolute Gasteiger partial charge is 0.615 e. The molecule has 84 valence electrons. The van der Waals surface area contributed by atoms with Crippen LogP contribution in [-0.2, 0) is 0 Å². The van der Waals surface area contributed by atoms with E-state index in [0.29, 0.717) is 0 Å². The van der Waals surface area contributed by atoms with Gasteiger partial charge in [-0.05, 0) is 12.3 Å². The summed E-state index contributed by atoms with van der Waals surface area (Å²) in [4.78, 5) is 8.48. The van der Waals surface area contributed by atoms with Gasteiger partial charge in [0.1, 0.15) is 6.61 Å². The highest BCUT2D eigenvalue weighted by Crippen LogP contribution is 2.24. The van der Waals surface area contributed by atoms with E-state index in [1.807, 2.05) is 49.1 Å². The van der Waals surface area contributed by atoms with Crippen molar-refractivity contribution in [3.63, 3.8) is 0 Å². The fourth-order valence-corrected chi connectivity index (χ4v) is 1.68. The lowest BCUT2D eigenvalue weighted by Crippen LogP contribution is -1.89. The monoisotopic (exact) mass is 223 g/mol. The second kappa shape index (κ2) is 4.22. The van der Waals surface area contributed by atoms with Crippen LogP contribution in [0.25, 0.3) is 11.0 Å². The molecular weight excluding hydrogens is 212 g/mol. The standard InChI is InChI=1S/C14H11N2O/c1-2-4-11(5-3-1)10-17-13-7-9-15-12-6-8-16-14(12)13/h1-10,17H/q-1. The minimum atomic E-state index is 0.847. The van der Waals surface area contributed by atoms with Gasteiger partial charge in [-0.15, -0.1) is 23.8 Å². The van der Waals surface area contributed by atoms with Crippen molar-refractivity contribution in [1.82, 2.24) is 9.97 Å². The van der Waals surface area contributed by atoms with Gasteiger partial charge in [0.15, 0.2) is 5.75 Å². The molecule has 3 nitrogen and oxygen atoms in total. The molecule has 0 radical (unpaired) electrons. The molecule has 0 spiro atoms. The summed E-state index contributed by atoms with van der Waals surface area (Å²) in [6.07, 6.45) is 3.50. The summed E-state index contributed by atoms with van der Waals surface area (Å²) in [6.45, 7) is 1.84. The van der Waals surface area contributed by atoms with Gasteiger partial charge >= 0.3 is 0 Å². The van der Waals surface area contributed by atoms with Crippen LogP contribution in [0, 0.1) is 6.61 Å². The Morgan fingerprint density at radius 1 is 1.00 bits per heavy atom. The summed E-state index contributed by atoms with van der Waals surface area (Å²) in [5.74, 6) is 0.851. The molecule has 2 aromatic heterocycles. The third-order valence-corrected chi connectivity index (χ3v) is 2.52. The molecule has 0 amide bonds. The predicted molar refractivity (Wildman–Crippen MR) is 66.6 cm³/mol. The van der Waals surface area contributed by atoms with E-state index in [4.69, 9.17) is 0 Å². The molecule has 1 N–H and O–H groups in total. The van der Waals surface area contributed by atoms with Gasteiger partial charge in [-0.3, -0.25) is 4.98 Å². The molecule has 1 aromatic carbocycles. The van der Waals surface area contributed by atoms with Crippen LogP contribution >= 0.6 is 0 Å². The maximum atomic E-state index is 4.45. The predicted octanol–water partition coefficient (Wildman–Crippen LogP) is 2.80. The molecule has 3 heteroatoms. The molecule has 17 heavy (non-hydrogen) atoms. The van der Waals surface area contributed by atoms with E-state index in [-0.39, 0.29) is 0 Å². The van der Waals surface area contributed by atoms with Gasteiger partial charge in [0.2, 0.25) is 0 Å². The molecular formula is C14H11N2O-. The van der Waals surface area contributed by atoms with Crippen LogP contribution in [-0.4, -0.2) is 14.7 Å². The van der Waals surface area contributed by atoms with E-state index < -0.39 is 0 Å². The van der Waals surface area contributed by atoms with E-state index >= 15 is 0 Å². The number of hydrogen-bond donors (Lipinski definition) is 0. The zero-order chi connectivity index (χ0) is 11.5. The number of aromatic nitrogens is 2. The molecule has 0 aliphatic rings. The van der Waals surface area contributed by atoms with Crippen molar-refractivity contribution in [2.45, 2.75) is 0 Å². The van der Waals surface area contributed by atoms with E-state index in [9.17, 15) is 0 Å². The first-order valence-corrected chi connectivity index (χ1v) is 5.39. The fourth-order valence-electron chi connectivity index (χ4n) is 1.68. The number of ether oxygens (including phenoxy) is 1. The van der Waals surface area contributed by atoms with E-state index in [1.165, 1.54) is 0 Å². The summed E-state index contributed by atoms with van der Waals surface area (Å²) in [5.41, 5.74) is 2.80. The van der Waals surface area contributed by atoms with Gasteiger partial charge in [-0.2, -0.15) is 12.1 Å². The van der Waals surface area contributed by atoms with Crippen molar-refractivity contribution in [3.05, 3.63) is 67.0 Å². The zero-order valence-corrected chi connectivity index (χ0v) is 9.12. The van der Waals surface area contributed by atoms with Crippen LogP contribution in [0.4, 0.5) is 0 Å². The second-order valence-electron chi connectivity index (χ2n) is 3.68. The van der Waals surface area contributed by atoms with Crippen molar-refractivity contribution in [3.8, 4) is 5.75 Å². The van der Waals surface area contributed by atoms with Gasteiger partial charge in [0, 0.05) is 5.52 Å². The topological polar surface area (TPSA) is 38.6 Å². The molecule has 0 aliphatic heterocycles. The molecule has 0 bridgehead atoms. The normalized spacial score (nSPS) is 10.4. The summed E-state index contributed by atoms with van der Waals surface area (Å²) < 4.78 is 4.45. The smallest absolute Gasteiger partial charge is 0.196 e. The van der Waals surface area contributed by atoms with Crippen molar-refractivity contribution in [2.24, 2.45) is 0 Å². The SMILES string of the molecule is c1ccc([CH-][OH+]c2ccnc3ccn[c-]23)cc1. The van der Waals surface area contributed by atoms with E-state index in [0.717, 1.165) is 22.3 Å². The number of fused-ring (bicyclic) bond motifs is 1. The van der Waals surface area contributed by atoms with Crippen LogP contribution in [0.2, 0.25) is 0 Å². The van der Waals surface area contributed by atoms with Crippen molar-refractivity contribution in [2.75, 3.05) is 0 Å². The average molecular weight is 223 g/mol. The molecule has 0 saturated heterocycles. The molecule has 0 unspecified atom stereocenters. The second-order valence-corrected chi connectivity index (χ2v) is 3.68. The number of hydrogen-bond acceptors (Lipinski definition) is 2. The van der Waals surface area contributed by atoms with Crippen LogP contribution < -0.4 is 0 Å². The number of pyridine rings is 1. The quantitative estimate of drug-likeness (QED) is 0.506. The minimum Gasteiger partial charge on any atom is -0.615 e. The Morgan fingerprint density at radius 3 is 2.76 bits per heavy atom. The fraction of sp³-hybridized carbons (Fsp3) is 0. The lowest BCUT2D eigenvalue weighted by molar-refractivity contribution is 0.156. The molecule has 0 atom stereocenters. The summed E-state index contributed by atoms with van der Waals surface area (Å²) in [5, 5.41) is 0. The van der Waals surface area contributed by atoms with E-state index in [2.05, 4.69) is 14.7 Å². The zero-order valence-electron chi connectivity index (χ0n) is 9.12. The third kappa shape index (κ3) is 1.95. The van der Waals surface area contributed by atoms with Gasteiger partial charge in [-0.1, -0.05) is 12.3 Å². The number of rotatable bonds is 3. The highest BCUT2D eigenvalue weighted by atomic mass is 16.5. The molecule has 3 rings (SSSR count). The summed E-state index contributed by atoms with van der Waals surface area (Å²) in [6, 6.07) is 13.8. The van der Waals surface area contributed by atoms with Gasteiger partial charge in [-0.25, -0.2) is 0 Å². The maximum absolute atomic E-state index is 4.45. The molecule has 0 aliphatic carbocycles. The first kappa shape index (κ1) is 9.78. The Bertz CT molecular complexity index is 616. The Kier molecular flexibility index (Phi) is 2.43. The average Bonchev–Trinajstić information content (AvgIpc) is 2.86. The van der Waals surface area contributed by atoms with Crippen LogP contribution in [0.1, 0.15) is 5.56 Å². The highest BCUT2D eigenvalue weighted by Gasteiger charge is 2.00. The van der Waals surface area contributed by atoms with E-state index in [1.54, 1.807) is 12.4 Å². The number of aromatic hydroxyl groups is 1. The Hall–Kier alpha value is -2.42. The highest BCUT2D eigenvalue weighted by molar-refractivity contribution is 5.80. The lowest BCUT2D eigenvalue weighted by atomic mass is 10.2. The third-order valence-electron chi connectivity index (χ3n) is 2.52. The van der Waals surface area contributed by atoms with Gasteiger partial charge in [0.25, 0.3) is 0 Å². The Balaban J connectivity index is 1.84. The van der Waals surface area contributed by atoms with Crippen molar-refractivity contribution >= 4 is 11.0 Å². The van der Waals surface area contributed by atoms with Gasteiger partial charge < -0.3 is 9.72 Å². The number of nitrogens with zero attached hydrogens (tertiary/aromatic N) is 2. The molecule has 0 saturated carbocycles. The summed E-state index contributed by atoms with van der Waals surface area (Å²) in [7, 11) is 0. The molecule has 2 heterocycles. The molecule has 0 fully saturated rings. The maximum Gasteiger partial charge on any atom is 0.196 e. The van der Waals surface area contributed by atoms with Crippen LogP contribution in [0.3, 0.4) is 0 Å². The van der Waals surface area contributed by atoms with Crippen molar-refractivity contribution in [1.29, 1.82) is 0 Å². The lowest BCUT2D eigenvalue weighted by Gasteiger charge is -2.11. The minimum absolute atomic E-state index is 0.847. The first-order chi connectivity index (χ1) is 8.43. The Labute approximate surface area is 99.1 Å².